The van der Waals surface area contributed by atoms with E-state index >= 15 is 0 Å². The van der Waals surface area contributed by atoms with E-state index in [1.807, 2.05) is 29.8 Å². The predicted molar refractivity (Wildman–Crippen MR) is 67.8 cm³/mol. The first-order chi connectivity index (χ1) is 7.79. The monoisotopic (exact) mass is 252 g/mol. The molecule has 0 aliphatic rings. The molecule has 0 aliphatic carbocycles. The van der Waals surface area contributed by atoms with Crippen LogP contribution in [0.25, 0.3) is 9.88 Å². The Balaban J connectivity index is 2.06. The number of hydrogen-bond acceptors (Lipinski definition) is 4. The number of thiophene rings is 1. The van der Waals surface area contributed by atoms with Crippen molar-refractivity contribution in [2.75, 3.05) is 6.54 Å². The predicted octanol–water partition coefficient (Wildman–Crippen LogP) is 2.55. The van der Waals surface area contributed by atoms with Gasteiger partial charge in [-0.3, -0.25) is 4.79 Å². The highest BCUT2D eigenvalue weighted by Crippen LogP contribution is 2.27. The summed E-state index contributed by atoms with van der Waals surface area (Å²) in [5.74, 6) is 0.0329. The minimum absolute atomic E-state index is 0.0329. The van der Waals surface area contributed by atoms with Gasteiger partial charge in [-0.1, -0.05) is 6.07 Å². The Bertz CT molecular complexity index is 462. The zero-order chi connectivity index (χ0) is 11.4. The second kappa shape index (κ2) is 5.23. The van der Waals surface area contributed by atoms with Gasteiger partial charge >= 0.3 is 0 Å². The van der Waals surface area contributed by atoms with Crippen LogP contribution in [0.3, 0.4) is 0 Å². The van der Waals surface area contributed by atoms with Crippen molar-refractivity contribution in [1.82, 2.24) is 10.3 Å². The van der Waals surface area contributed by atoms with E-state index in [-0.39, 0.29) is 5.91 Å². The first-order valence-electron chi connectivity index (χ1n) is 5.04. The molecule has 0 spiro atoms. The SMILES string of the molecule is CCNC(=O)Cc1csc(-c2cccs2)n1. The lowest BCUT2D eigenvalue weighted by atomic mass is 10.3. The molecule has 0 bridgehead atoms. The molecule has 2 rings (SSSR count). The smallest absolute Gasteiger partial charge is 0.226 e. The third kappa shape index (κ3) is 2.68. The van der Waals surface area contributed by atoms with E-state index in [9.17, 15) is 4.79 Å². The Morgan fingerprint density at radius 1 is 1.50 bits per heavy atom. The van der Waals surface area contributed by atoms with Gasteiger partial charge in [0.1, 0.15) is 5.01 Å². The molecule has 2 aromatic heterocycles. The van der Waals surface area contributed by atoms with Crippen LogP contribution in [0.1, 0.15) is 12.6 Å². The first kappa shape index (κ1) is 11.3. The molecule has 1 amide bonds. The fourth-order valence-electron chi connectivity index (χ4n) is 1.33. The molecule has 2 aromatic rings. The number of likely N-dealkylation sites (N-methyl/N-ethyl adjacent to an activating group) is 1. The summed E-state index contributed by atoms with van der Waals surface area (Å²) >= 11 is 3.25. The van der Waals surface area contributed by atoms with E-state index < -0.39 is 0 Å². The van der Waals surface area contributed by atoms with Crippen LogP contribution in [-0.2, 0) is 11.2 Å². The van der Waals surface area contributed by atoms with Gasteiger partial charge in [-0.2, -0.15) is 0 Å². The van der Waals surface area contributed by atoms with Crippen LogP contribution in [-0.4, -0.2) is 17.4 Å². The molecule has 3 nitrogen and oxygen atoms in total. The number of hydrogen-bond donors (Lipinski definition) is 1. The number of amides is 1. The topological polar surface area (TPSA) is 42.0 Å². The Morgan fingerprint density at radius 2 is 2.38 bits per heavy atom. The second-order valence-corrected chi connectivity index (χ2v) is 5.06. The normalized spacial score (nSPS) is 10.3. The van der Waals surface area contributed by atoms with Gasteiger partial charge in [-0.15, -0.1) is 22.7 Å². The van der Waals surface area contributed by atoms with Gasteiger partial charge in [0, 0.05) is 11.9 Å². The summed E-state index contributed by atoms with van der Waals surface area (Å²) in [6, 6.07) is 4.05. The summed E-state index contributed by atoms with van der Waals surface area (Å²) in [4.78, 5) is 17.0. The molecule has 5 heteroatoms. The Kier molecular flexibility index (Phi) is 3.69. The highest BCUT2D eigenvalue weighted by Gasteiger charge is 2.08. The van der Waals surface area contributed by atoms with Crippen molar-refractivity contribution in [2.24, 2.45) is 0 Å². The average Bonchev–Trinajstić information content (AvgIpc) is 2.86. The van der Waals surface area contributed by atoms with Gasteiger partial charge in [-0.25, -0.2) is 4.98 Å². The number of rotatable bonds is 4. The van der Waals surface area contributed by atoms with Crippen molar-refractivity contribution in [3.05, 3.63) is 28.6 Å². The largest absolute Gasteiger partial charge is 0.356 e. The molecule has 84 valence electrons. The highest BCUT2D eigenvalue weighted by atomic mass is 32.1. The van der Waals surface area contributed by atoms with Crippen molar-refractivity contribution in [1.29, 1.82) is 0 Å². The molecular formula is C11H12N2OS2. The standard InChI is InChI=1S/C11H12N2OS2/c1-2-12-10(14)6-8-7-16-11(13-8)9-4-3-5-15-9/h3-5,7H,2,6H2,1H3,(H,12,14). The lowest BCUT2D eigenvalue weighted by molar-refractivity contribution is -0.120. The molecule has 0 aromatic carbocycles. The Labute approximate surface area is 102 Å². The van der Waals surface area contributed by atoms with E-state index in [1.54, 1.807) is 22.7 Å². The van der Waals surface area contributed by atoms with Gasteiger partial charge < -0.3 is 5.32 Å². The maximum Gasteiger partial charge on any atom is 0.226 e. The molecule has 16 heavy (non-hydrogen) atoms. The van der Waals surface area contributed by atoms with Gasteiger partial charge in [0.05, 0.1) is 17.0 Å². The molecule has 1 N–H and O–H groups in total. The lowest BCUT2D eigenvalue weighted by Gasteiger charge is -1.98. The number of nitrogens with zero attached hydrogens (tertiary/aromatic N) is 1. The number of nitrogens with one attached hydrogen (secondary N) is 1. The second-order valence-electron chi connectivity index (χ2n) is 3.25. The quantitative estimate of drug-likeness (QED) is 0.908. The molecule has 0 saturated carbocycles. The van der Waals surface area contributed by atoms with Gasteiger partial charge in [-0.05, 0) is 18.4 Å². The third-order valence-electron chi connectivity index (χ3n) is 2.00. The van der Waals surface area contributed by atoms with Crippen molar-refractivity contribution >= 4 is 28.6 Å². The molecule has 0 saturated heterocycles. The fraction of sp³-hybridized carbons (Fsp3) is 0.273. The molecule has 0 radical (unpaired) electrons. The molecule has 0 atom stereocenters. The number of aromatic nitrogens is 1. The van der Waals surface area contributed by atoms with Gasteiger partial charge in [0.2, 0.25) is 5.91 Å². The summed E-state index contributed by atoms with van der Waals surface area (Å²) in [6.07, 6.45) is 0.371. The third-order valence-corrected chi connectivity index (χ3v) is 3.93. The molecule has 0 unspecified atom stereocenters. The van der Waals surface area contributed by atoms with E-state index in [4.69, 9.17) is 0 Å². The van der Waals surface area contributed by atoms with Crippen molar-refractivity contribution < 1.29 is 4.79 Å². The maximum atomic E-state index is 11.4. The van der Waals surface area contributed by atoms with Crippen LogP contribution in [0.5, 0.6) is 0 Å². The fourth-order valence-corrected chi connectivity index (χ4v) is 2.96. The Hall–Kier alpha value is -1.20. The summed E-state index contributed by atoms with van der Waals surface area (Å²) < 4.78 is 0. The van der Waals surface area contributed by atoms with Gasteiger partial charge in [0.15, 0.2) is 0 Å². The van der Waals surface area contributed by atoms with Crippen LogP contribution in [0.4, 0.5) is 0 Å². The van der Waals surface area contributed by atoms with E-state index in [0.717, 1.165) is 15.6 Å². The minimum atomic E-state index is 0.0329. The van der Waals surface area contributed by atoms with Crippen LogP contribution >= 0.6 is 22.7 Å². The Morgan fingerprint density at radius 3 is 3.06 bits per heavy atom. The van der Waals surface area contributed by atoms with Crippen molar-refractivity contribution in [3.8, 4) is 9.88 Å². The van der Waals surface area contributed by atoms with Crippen molar-refractivity contribution in [3.63, 3.8) is 0 Å². The van der Waals surface area contributed by atoms with Crippen LogP contribution in [0.2, 0.25) is 0 Å². The summed E-state index contributed by atoms with van der Waals surface area (Å²) in [6.45, 7) is 2.58. The molecular weight excluding hydrogens is 240 g/mol. The minimum Gasteiger partial charge on any atom is -0.356 e. The number of carbonyl (C=O) groups is 1. The van der Waals surface area contributed by atoms with Crippen LogP contribution < -0.4 is 5.32 Å². The molecule has 0 aliphatic heterocycles. The van der Waals surface area contributed by atoms with Gasteiger partial charge in [0.25, 0.3) is 0 Å². The maximum absolute atomic E-state index is 11.4. The van der Waals surface area contributed by atoms with E-state index in [0.29, 0.717) is 13.0 Å². The van der Waals surface area contributed by atoms with Crippen LogP contribution in [0, 0.1) is 0 Å². The highest BCUT2D eigenvalue weighted by molar-refractivity contribution is 7.20. The lowest BCUT2D eigenvalue weighted by Crippen LogP contribution is -2.24. The number of thiazole rings is 1. The van der Waals surface area contributed by atoms with E-state index in [2.05, 4.69) is 10.3 Å². The summed E-state index contributed by atoms with van der Waals surface area (Å²) in [7, 11) is 0. The average molecular weight is 252 g/mol. The summed E-state index contributed by atoms with van der Waals surface area (Å²) in [5.41, 5.74) is 0.847. The summed E-state index contributed by atoms with van der Waals surface area (Å²) in [5, 5.41) is 7.74. The van der Waals surface area contributed by atoms with E-state index in [1.165, 1.54) is 0 Å². The first-order valence-corrected chi connectivity index (χ1v) is 6.80. The zero-order valence-corrected chi connectivity index (χ0v) is 10.5. The molecule has 2 heterocycles. The number of carbonyl (C=O) groups excluding carboxylic acids is 1. The zero-order valence-electron chi connectivity index (χ0n) is 8.90. The molecule has 0 fully saturated rings. The van der Waals surface area contributed by atoms with Crippen molar-refractivity contribution in [2.45, 2.75) is 13.3 Å². The van der Waals surface area contributed by atoms with Crippen LogP contribution in [0.15, 0.2) is 22.9 Å².